The lowest BCUT2D eigenvalue weighted by Gasteiger charge is -2.03. The van der Waals surface area contributed by atoms with Gasteiger partial charge in [0.25, 0.3) is 0 Å². The van der Waals surface area contributed by atoms with Crippen molar-refractivity contribution in [3.8, 4) is 16.3 Å². The summed E-state index contributed by atoms with van der Waals surface area (Å²) in [4.78, 5) is 5.56. The Labute approximate surface area is 155 Å². The Hall–Kier alpha value is -1.74. The van der Waals surface area contributed by atoms with Gasteiger partial charge < -0.3 is 4.74 Å². The minimum atomic E-state index is -3.44. The number of nitrogens with zero attached hydrogens (tertiary/aromatic N) is 1. The highest BCUT2D eigenvalue weighted by Gasteiger charge is 2.15. The number of nitrogens with one attached hydrogen (secondary N) is 1. The second-order valence-corrected chi connectivity index (χ2v) is 9.53. The SMILES string of the molecule is COc1cccc(-c2nc(CCNS(=O)(=O)c3ccc(C)s3)cs2)c1. The van der Waals surface area contributed by atoms with Crippen molar-refractivity contribution in [1.29, 1.82) is 0 Å². The van der Waals surface area contributed by atoms with Crippen LogP contribution in [0.25, 0.3) is 10.6 Å². The molecule has 3 aromatic rings. The number of ether oxygens (including phenoxy) is 1. The smallest absolute Gasteiger partial charge is 0.250 e. The van der Waals surface area contributed by atoms with E-state index in [1.165, 1.54) is 22.7 Å². The van der Waals surface area contributed by atoms with E-state index >= 15 is 0 Å². The average molecular weight is 395 g/mol. The van der Waals surface area contributed by atoms with Crippen LogP contribution >= 0.6 is 22.7 Å². The van der Waals surface area contributed by atoms with Crippen LogP contribution in [0.1, 0.15) is 10.6 Å². The van der Waals surface area contributed by atoms with Crippen LogP contribution in [-0.4, -0.2) is 27.1 Å². The molecule has 2 heterocycles. The van der Waals surface area contributed by atoms with Crippen LogP contribution in [0, 0.1) is 6.92 Å². The van der Waals surface area contributed by atoms with Crippen LogP contribution < -0.4 is 9.46 Å². The van der Waals surface area contributed by atoms with Crippen molar-refractivity contribution >= 4 is 32.7 Å². The number of aryl methyl sites for hydroxylation is 1. The van der Waals surface area contributed by atoms with E-state index < -0.39 is 10.0 Å². The summed E-state index contributed by atoms with van der Waals surface area (Å²) >= 11 is 2.81. The van der Waals surface area contributed by atoms with E-state index in [4.69, 9.17) is 4.74 Å². The molecule has 132 valence electrons. The first-order valence-corrected chi connectivity index (χ1v) is 10.8. The van der Waals surface area contributed by atoms with Crippen molar-refractivity contribution in [2.75, 3.05) is 13.7 Å². The largest absolute Gasteiger partial charge is 0.497 e. The van der Waals surface area contributed by atoms with Gasteiger partial charge >= 0.3 is 0 Å². The number of methoxy groups -OCH3 is 1. The summed E-state index contributed by atoms with van der Waals surface area (Å²) in [6.45, 7) is 2.21. The molecule has 25 heavy (non-hydrogen) atoms. The average Bonchev–Trinajstić information content (AvgIpc) is 3.24. The van der Waals surface area contributed by atoms with Crippen LogP contribution in [0.5, 0.6) is 5.75 Å². The fourth-order valence-electron chi connectivity index (χ4n) is 2.25. The van der Waals surface area contributed by atoms with Crippen LogP contribution in [0.3, 0.4) is 0 Å². The molecule has 0 bridgehead atoms. The Morgan fingerprint density at radius 1 is 1.24 bits per heavy atom. The van der Waals surface area contributed by atoms with Crippen LogP contribution in [0.4, 0.5) is 0 Å². The van der Waals surface area contributed by atoms with Gasteiger partial charge in [-0.2, -0.15) is 0 Å². The van der Waals surface area contributed by atoms with Crippen molar-refractivity contribution in [2.45, 2.75) is 17.6 Å². The first-order valence-electron chi connectivity index (χ1n) is 7.63. The van der Waals surface area contributed by atoms with E-state index in [-0.39, 0.29) is 0 Å². The second-order valence-electron chi connectivity index (χ2n) is 5.39. The Morgan fingerprint density at radius 3 is 2.80 bits per heavy atom. The molecule has 0 atom stereocenters. The molecule has 5 nitrogen and oxygen atoms in total. The van der Waals surface area contributed by atoms with E-state index in [1.807, 2.05) is 36.6 Å². The molecule has 0 aliphatic rings. The highest BCUT2D eigenvalue weighted by molar-refractivity contribution is 7.91. The van der Waals surface area contributed by atoms with E-state index in [1.54, 1.807) is 19.2 Å². The van der Waals surface area contributed by atoms with E-state index in [2.05, 4.69) is 9.71 Å². The highest BCUT2D eigenvalue weighted by Crippen LogP contribution is 2.27. The molecule has 0 spiro atoms. The van der Waals surface area contributed by atoms with Crippen molar-refractivity contribution in [3.05, 3.63) is 52.3 Å². The van der Waals surface area contributed by atoms with Crippen LogP contribution in [0.15, 0.2) is 46.0 Å². The number of sulfonamides is 1. The molecular weight excluding hydrogens is 376 g/mol. The third-order valence-corrected chi connectivity index (χ3v) is 7.42. The molecule has 1 N–H and O–H groups in total. The van der Waals surface area contributed by atoms with Crippen molar-refractivity contribution in [2.24, 2.45) is 0 Å². The van der Waals surface area contributed by atoms with E-state index in [0.29, 0.717) is 17.2 Å². The molecule has 0 unspecified atom stereocenters. The van der Waals surface area contributed by atoms with E-state index in [9.17, 15) is 8.42 Å². The maximum Gasteiger partial charge on any atom is 0.250 e. The lowest BCUT2D eigenvalue weighted by atomic mass is 10.2. The maximum absolute atomic E-state index is 12.2. The molecule has 8 heteroatoms. The first kappa shape index (κ1) is 18.1. The number of thiazole rings is 1. The minimum Gasteiger partial charge on any atom is -0.497 e. The zero-order valence-corrected chi connectivity index (χ0v) is 16.3. The van der Waals surface area contributed by atoms with Crippen molar-refractivity contribution in [1.82, 2.24) is 9.71 Å². The first-order chi connectivity index (χ1) is 12.0. The Bertz CT molecular complexity index is 961. The van der Waals surface area contributed by atoms with Gasteiger partial charge in [-0.3, -0.25) is 0 Å². The predicted molar refractivity (Wildman–Crippen MR) is 102 cm³/mol. The summed E-state index contributed by atoms with van der Waals surface area (Å²) in [5, 5.41) is 2.85. The number of benzene rings is 1. The molecule has 1 aromatic carbocycles. The third-order valence-electron chi connectivity index (χ3n) is 3.52. The zero-order valence-electron chi connectivity index (χ0n) is 13.9. The molecule has 0 aliphatic carbocycles. The topological polar surface area (TPSA) is 68.3 Å². The van der Waals surface area contributed by atoms with Crippen molar-refractivity contribution < 1.29 is 13.2 Å². The predicted octanol–water partition coefficient (Wildman–Crippen LogP) is 3.71. The summed E-state index contributed by atoms with van der Waals surface area (Å²) in [7, 11) is -1.80. The molecule has 0 aliphatic heterocycles. The lowest BCUT2D eigenvalue weighted by Crippen LogP contribution is -2.25. The number of hydrogen-bond donors (Lipinski definition) is 1. The fourth-order valence-corrected chi connectivity index (χ4v) is 5.46. The van der Waals surface area contributed by atoms with Crippen LogP contribution in [-0.2, 0) is 16.4 Å². The zero-order chi connectivity index (χ0) is 17.9. The lowest BCUT2D eigenvalue weighted by molar-refractivity contribution is 0.415. The second kappa shape index (κ2) is 7.65. The molecule has 2 aromatic heterocycles. The number of thiophene rings is 1. The third kappa shape index (κ3) is 4.46. The summed E-state index contributed by atoms with van der Waals surface area (Å²) < 4.78 is 32.6. The number of hydrogen-bond acceptors (Lipinski definition) is 6. The van der Waals surface area contributed by atoms with E-state index in [0.717, 1.165) is 26.9 Å². The minimum absolute atomic E-state index is 0.320. The molecule has 0 fully saturated rings. The Kier molecular flexibility index (Phi) is 5.53. The van der Waals surface area contributed by atoms with Gasteiger partial charge in [-0.1, -0.05) is 12.1 Å². The standard InChI is InChI=1S/C17H18N2O3S3/c1-12-6-7-16(24-12)25(20,21)18-9-8-14-11-23-17(19-14)13-4-3-5-15(10-13)22-2/h3-7,10-11,18H,8-9H2,1-2H3. The molecule has 3 rings (SSSR count). The van der Waals surface area contributed by atoms with Gasteiger partial charge in [0.2, 0.25) is 10.0 Å². The van der Waals surface area contributed by atoms with Gasteiger partial charge in [0.05, 0.1) is 12.8 Å². The molecule has 0 amide bonds. The number of rotatable bonds is 7. The summed E-state index contributed by atoms with van der Waals surface area (Å²) in [6.07, 6.45) is 0.546. The quantitative estimate of drug-likeness (QED) is 0.663. The van der Waals surface area contributed by atoms with Gasteiger partial charge in [-0.15, -0.1) is 22.7 Å². The summed E-state index contributed by atoms with van der Waals surface area (Å²) in [6, 6.07) is 11.2. The molecular formula is C17H18N2O3S3. The maximum atomic E-state index is 12.2. The number of aromatic nitrogens is 1. The fraction of sp³-hybridized carbons (Fsp3) is 0.235. The van der Waals surface area contributed by atoms with Gasteiger partial charge in [0.1, 0.15) is 15.0 Å². The molecule has 0 saturated heterocycles. The van der Waals surface area contributed by atoms with Gasteiger partial charge in [-0.05, 0) is 31.2 Å². The summed E-state index contributed by atoms with van der Waals surface area (Å²) in [5.41, 5.74) is 1.86. The monoisotopic (exact) mass is 394 g/mol. The van der Waals surface area contributed by atoms with Gasteiger partial charge in [0, 0.05) is 28.8 Å². The molecule has 0 radical (unpaired) electrons. The molecule has 0 saturated carbocycles. The Balaban J connectivity index is 1.62. The Morgan fingerprint density at radius 2 is 2.08 bits per heavy atom. The van der Waals surface area contributed by atoms with Gasteiger partial charge in [-0.25, -0.2) is 18.1 Å². The van der Waals surface area contributed by atoms with Crippen LogP contribution in [0.2, 0.25) is 0 Å². The normalized spacial score (nSPS) is 11.6. The summed E-state index contributed by atoms with van der Waals surface area (Å²) in [5.74, 6) is 0.785. The van der Waals surface area contributed by atoms with Gasteiger partial charge in [0.15, 0.2) is 0 Å². The highest BCUT2D eigenvalue weighted by atomic mass is 32.2. The van der Waals surface area contributed by atoms with Crippen molar-refractivity contribution in [3.63, 3.8) is 0 Å².